The van der Waals surface area contributed by atoms with Gasteiger partial charge in [0.25, 0.3) is 0 Å². The first kappa shape index (κ1) is 17.9. The number of anilines is 1. The van der Waals surface area contributed by atoms with Gasteiger partial charge < -0.3 is 20.0 Å². The minimum atomic E-state index is -1.06. The number of pyridine rings is 1. The van der Waals surface area contributed by atoms with Crippen LogP contribution in [0.4, 0.5) is 16.3 Å². The van der Waals surface area contributed by atoms with Crippen LogP contribution >= 0.6 is 0 Å². The summed E-state index contributed by atoms with van der Waals surface area (Å²) in [5.74, 6) is 0.530. The summed E-state index contributed by atoms with van der Waals surface area (Å²) >= 11 is 0. The zero-order valence-corrected chi connectivity index (χ0v) is 14.1. The van der Waals surface area contributed by atoms with Gasteiger partial charge in [0.15, 0.2) is 11.9 Å². The van der Waals surface area contributed by atoms with Gasteiger partial charge in [-0.2, -0.15) is 0 Å². The number of hydrogen-bond donors (Lipinski definition) is 1. The van der Waals surface area contributed by atoms with Crippen LogP contribution in [0.25, 0.3) is 0 Å². The third kappa shape index (κ3) is 4.57. The Morgan fingerprint density at radius 1 is 1.04 bits per heavy atom. The van der Waals surface area contributed by atoms with Crippen LogP contribution in [0.1, 0.15) is 5.56 Å². The first-order valence-electron chi connectivity index (χ1n) is 7.95. The minimum Gasteiger partial charge on any atom is -0.465 e. The Bertz CT molecular complexity index is 928. The van der Waals surface area contributed by atoms with Crippen molar-refractivity contribution >= 4 is 17.6 Å². The fourth-order valence-electron chi connectivity index (χ4n) is 2.41. The van der Waals surface area contributed by atoms with Crippen LogP contribution < -0.4 is 9.64 Å². The molecule has 0 aliphatic heterocycles. The molecule has 3 rings (SSSR count). The SMILES string of the molecule is O=C(O)N(Cc1ccccc1)c1ccc(Oc2ccc([N+](=O)[O-])nc2)cc1. The van der Waals surface area contributed by atoms with Crippen molar-refractivity contribution in [1.29, 1.82) is 0 Å². The number of rotatable bonds is 6. The van der Waals surface area contributed by atoms with Gasteiger partial charge in [-0.3, -0.25) is 4.90 Å². The van der Waals surface area contributed by atoms with Gasteiger partial charge in [-0.1, -0.05) is 30.3 Å². The smallest absolute Gasteiger partial charge is 0.412 e. The molecule has 0 bridgehead atoms. The number of hydrogen-bond acceptors (Lipinski definition) is 5. The quantitative estimate of drug-likeness (QED) is 0.510. The van der Waals surface area contributed by atoms with Crippen molar-refractivity contribution in [3.8, 4) is 11.5 Å². The number of amides is 1. The second-order valence-corrected chi connectivity index (χ2v) is 5.56. The number of carbonyl (C=O) groups is 1. The molecule has 2 aromatic carbocycles. The summed E-state index contributed by atoms with van der Waals surface area (Å²) in [6.07, 6.45) is 0.192. The Morgan fingerprint density at radius 3 is 2.26 bits per heavy atom. The van der Waals surface area contributed by atoms with E-state index in [0.717, 1.165) is 5.56 Å². The Balaban J connectivity index is 1.72. The van der Waals surface area contributed by atoms with Crippen LogP contribution in [-0.2, 0) is 6.54 Å². The van der Waals surface area contributed by atoms with Gasteiger partial charge in [0.2, 0.25) is 0 Å². The van der Waals surface area contributed by atoms with E-state index in [-0.39, 0.29) is 12.4 Å². The molecule has 0 radical (unpaired) electrons. The molecule has 0 spiro atoms. The lowest BCUT2D eigenvalue weighted by atomic mass is 10.2. The molecule has 0 saturated heterocycles. The number of benzene rings is 2. The summed E-state index contributed by atoms with van der Waals surface area (Å²) in [5.41, 5.74) is 1.37. The Hall–Kier alpha value is -3.94. The summed E-state index contributed by atoms with van der Waals surface area (Å²) in [7, 11) is 0. The third-order valence-electron chi connectivity index (χ3n) is 3.71. The van der Waals surface area contributed by atoms with E-state index in [1.165, 1.54) is 23.2 Å². The van der Waals surface area contributed by atoms with Crippen LogP contribution in [0, 0.1) is 10.1 Å². The maximum absolute atomic E-state index is 11.6. The largest absolute Gasteiger partial charge is 0.465 e. The molecular formula is C19H15N3O5. The van der Waals surface area contributed by atoms with Crippen LogP contribution in [0.5, 0.6) is 11.5 Å². The van der Waals surface area contributed by atoms with E-state index in [9.17, 15) is 20.0 Å². The summed E-state index contributed by atoms with van der Waals surface area (Å²) in [5, 5.41) is 20.1. The molecule has 0 aliphatic carbocycles. The summed E-state index contributed by atoms with van der Waals surface area (Å²) < 4.78 is 5.58. The molecule has 1 N–H and O–H groups in total. The highest BCUT2D eigenvalue weighted by Gasteiger charge is 2.15. The van der Waals surface area contributed by atoms with Crippen molar-refractivity contribution in [3.05, 3.63) is 88.6 Å². The van der Waals surface area contributed by atoms with Gasteiger partial charge in [-0.05, 0) is 45.8 Å². The predicted molar refractivity (Wildman–Crippen MR) is 98.1 cm³/mol. The zero-order chi connectivity index (χ0) is 19.2. The van der Waals surface area contributed by atoms with E-state index in [0.29, 0.717) is 17.2 Å². The average Bonchev–Trinajstić information content (AvgIpc) is 2.68. The molecule has 3 aromatic rings. The van der Waals surface area contributed by atoms with Gasteiger partial charge in [-0.15, -0.1) is 0 Å². The van der Waals surface area contributed by atoms with E-state index in [1.807, 2.05) is 30.3 Å². The van der Waals surface area contributed by atoms with Crippen LogP contribution in [0.3, 0.4) is 0 Å². The molecule has 0 atom stereocenters. The van der Waals surface area contributed by atoms with E-state index < -0.39 is 11.0 Å². The van der Waals surface area contributed by atoms with E-state index in [4.69, 9.17) is 4.74 Å². The molecule has 1 aromatic heterocycles. The van der Waals surface area contributed by atoms with Gasteiger partial charge in [0.1, 0.15) is 5.75 Å². The molecule has 0 fully saturated rings. The minimum absolute atomic E-state index is 0.225. The Morgan fingerprint density at radius 2 is 1.70 bits per heavy atom. The maximum atomic E-state index is 11.6. The second-order valence-electron chi connectivity index (χ2n) is 5.56. The lowest BCUT2D eigenvalue weighted by Gasteiger charge is -2.19. The maximum Gasteiger partial charge on any atom is 0.412 e. The molecule has 1 amide bonds. The normalized spacial score (nSPS) is 10.2. The van der Waals surface area contributed by atoms with Crippen molar-refractivity contribution in [1.82, 2.24) is 4.98 Å². The Kier molecular flexibility index (Phi) is 5.27. The molecule has 1 heterocycles. The molecule has 136 valence electrons. The first-order valence-corrected chi connectivity index (χ1v) is 7.95. The predicted octanol–water partition coefficient (Wildman–Crippen LogP) is 4.47. The Labute approximate surface area is 154 Å². The van der Waals surface area contributed by atoms with Crippen molar-refractivity contribution < 1.29 is 19.6 Å². The molecular weight excluding hydrogens is 350 g/mol. The van der Waals surface area contributed by atoms with E-state index in [2.05, 4.69) is 4.98 Å². The van der Waals surface area contributed by atoms with Crippen LogP contribution in [0.15, 0.2) is 72.9 Å². The number of carboxylic acid groups (broad SMARTS) is 1. The number of aromatic nitrogens is 1. The molecule has 0 saturated carbocycles. The number of nitro groups is 1. The molecule has 27 heavy (non-hydrogen) atoms. The average molecular weight is 365 g/mol. The summed E-state index contributed by atoms with van der Waals surface area (Å²) in [4.78, 5) is 26.5. The number of ether oxygens (including phenoxy) is 1. The fraction of sp³-hybridized carbons (Fsp3) is 0.0526. The fourth-order valence-corrected chi connectivity index (χ4v) is 2.41. The lowest BCUT2D eigenvalue weighted by Crippen LogP contribution is -2.28. The standard InChI is InChI=1S/C19H15N3O5/c23-19(24)21(13-14-4-2-1-3-5-14)15-6-8-16(9-7-15)27-17-10-11-18(20-12-17)22(25)26/h1-12H,13H2,(H,23,24). The van der Waals surface area contributed by atoms with Gasteiger partial charge in [-0.25, -0.2) is 4.79 Å². The van der Waals surface area contributed by atoms with Crippen molar-refractivity contribution in [3.63, 3.8) is 0 Å². The number of nitrogens with zero attached hydrogens (tertiary/aromatic N) is 3. The molecule has 8 heteroatoms. The highest BCUT2D eigenvalue weighted by molar-refractivity contribution is 5.86. The molecule has 8 nitrogen and oxygen atoms in total. The topological polar surface area (TPSA) is 106 Å². The zero-order valence-electron chi connectivity index (χ0n) is 14.1. The van der Waals surface area contributed by atoms with Crippen molar-refractivity contribution in [2.75, 3.05) is 4.90 Å². The second kappa shape index (κ2) is 7.96. The highest BCUT2D eigenvalue weighted by atomic mass is 16.6. The van der Waals surface area contributed by atoms with E-state index in [1.54, 1.807) is 24.3 Å². The van der Waals surface area contributed by atoms with Gasteiger partial charge in [0.05, 0.1) is 6.54 Å². The van der Waals surface area contributed by atoms with Crippen LogP contribution in [0.2, 0.25) is 0 Å². The van der Waals surface area contributed by atoms with Crippen molar-refractivity contribution in [2.24, 2.45) is 0 Å². The monoisotopic (exact) mass is 365 g/mol. The highest BCUT2D eigenvalue weighted by Crippen LogP contribution is 2.26. The van der Waals surface area contributed by atoms with Crippen LogP contribution in [-0.4, -0.2) is 21.1 Å². The summed E-state index contributed by atoms with van der Waals surface area (Å²) in [6.45, 7) is 0.225. The molecule has 0 aliphatic rings. The van der Waals surface area contributed by atoms with E-state index >= 15 is 0 Å². The first-order chi connectivity index (χ1) is 13.0. The third-order valence-corrected chi connectivity index (χ3v) is 3.71. The lowest BCUT2D eigenvalue weighted by molar-refractivity contribution is -0.389. The summed E-state index contributed by atoms with van der Waals surface area (Å²) in [6, 6.07) is 18.5. The van der Waals surface area contributed by atoms with Gasteiger partial charge >= 0.3 is 11.9 Å². The van der Waals surface area contributed by atoms with Gasteiger partial charge in [0, 0.05) is 11.8 Å². The van der Waals surface area contributed by atoms with Crippen molar-refractivity contribution in [2.45, 2.75) is 6.54 Å². The molecule has 0 unspecified atom stereocenters.